The highest BCUT2D eigenvalue weighted by Gasteiger charge is 2.00. The van der Waals surface area contributed by atoms with Gasteiger partial charge in [0.05, 0.1) is 17.0 Å². The second-order valence-electron chi connectivity index (χ2n) is 3.18. The zero-order valence-corrected chi connectivity index (χ0v) is 8.15. The summed E-state index contributed by atoms with van der Waals surface area (Å²) in [6.45, 7) is 0. The summed E-state index contributed by atoms with van der Waals surface area (Å²) >= 11 is 0. The molecule has 0 amide bonds. The van der Waals surface area contributed by atoms with E-state index in [1.807, 2.05) is 6.07 Å². The Morgan fingerprint density at radius 1 is 1.25 bits per heavy atom. The average molecular weight is 213 g/mol. The van der Waals surface area contributed by atoms with E-state index in [4.69, 9.17) is 5.26 Å². The molecular weight excluding hydrogens is 206 g/mol. The third kappa shape index (κ3) is 1.77. The van der Waals surface area contributed by atoms with E-state index in [1.54, 1.807) is 24.3 Å². The lowest BCUT2D eigenvalue weighted by molar-refractivity contribution is 1.08. The molecule has 0 bridgehead atoms. The molecule has 0 spiro atoms. The van der Waals surface area contributed by atoms with E-state index in [0.29, 0.717) is 10.9 Å². The molecule has 0 saturated carbocycles. The molecule has 0 atom stereocenters. The first kappa shape index (κ1) is 9.93. The van der Waals surface area contributed by atoms with Crippen molar-refractivity contribution in [2.75, 3.05) is 0 Å². The van der Waals surface area contributed by atoms with E-state index in [-0.39, 0.29) is 0 Å². The molecule has 5 heteroatoms. The molecule has 0 radical (unpaired) electrons. The Hall–Kier alpha value is -2.61. The van der Waals surface area contributed by atoms with Crippen molar-refractivity contribution in [2.45, 2.75) is 0 Å². The van der Waals surface area contributed by atoms with E-state index >= 15 is 0 Å². The van der Waals surface area contributed by atoms with Gasteiger partial charge < -0.3 is 4.98 Å². The number of H-pyrrole nitrogens is 2. The fourth-order valence-electron chi connectivity index (χ4n) is 1.42. The minimum atomic E-state index is -0.530. The van der Waals surface area contributed by atoms with Gasteiger partial charge in [-0.1, -0.05) is 6.07 Å². The standard InChI is InChI=1S/C11H7N3O2/c12-5-1-2-7-3-4-9-8(6-7)10(15)14-11(16)13-9/h1-4,6H,(H2,13,14,15,16). The average Bonchev–Trinajstić information content (AvgIpc) is 2.26. The summed E-state index contributed by atoms with van der Waals surface area (Å²) in [7, 11) is 0. The highest BCUT2D eigenvalue weighted by molar-refractivity contribution is 5.80. The summed E-state index contributed by atoms with van der Waals surface area (Å²) < 4.78 is 0. The molecule has 0 unspecified atom stereocenters. The number of nitriles is 1. The van der Waals surface area contributed by atoms with Crippen molar-refractivity contribution in [2.24, 2.45) is 0 Å². The van der Waals surface area contributed by atoms with Crippen molar-refractivity contribution < 1.29 is 0 Å². The minimum Gasteiger partial charge on any atom is -0.307 e. The molecule has 78 valence electrons. The van der Waals surface area contributed by atoms with Gasteiger partial charge in [-0.2, -0.15) is 5.26 Å². The summed E-state index contributed by atoms with van der Waals surface area (Å²) in [5.41, 5.74) is 0.234. The zero-order valence-electron chi connectivity index (χ0n) is 8.15. The molecule has 2 aromatic rings. The van der Waals surface area contributed by atoms with Crippen LogP contribution in [-0.2, 0) is 0 Å². The van der Waals surface area contributed by atoms with Gasteiger partial charge in [-0.25, -0.2) is 4.79 Å². The number of allylic oxidation sites excluding steroid dienone is 1. The lowest BCUT2D eigenvalue weighted by atomic mass is 10.1. The normalized spacial score (nSPS) is 10.7. The highest BCUT2D eigenvalue weighted by Crippen LogP contribution is 2.09. The Morgan fingerprint density at radius 3 is 2.81 bits per heavy atom. The summed E-state index contributed by atoms with van der Waals surface area (Å²) in [5, 5.41) is 8.77. The first-order chi connectivity index (χ1) is 7.70. The third-order valence-corrected chi connectivity index (χ3v) is 2.11. The third-order valence-electron chi connectivity index (χ3n) is 2.11. The van der Waals surface area contributed by atoms with Crippen LogP contribution in [0.5, 0.6) is 0 Å². The molecule has 0 aliphatic heterocycles. The summed E-state index contributed by atoms with van der Waals surface area (Å²) in [6.07, 6.45) is 2.91. The number of aromatic amines is 2. The minimum absolute atomic E-state index is 0.389. The second-order valence-corrected chi connectivity index (χ2v) is 3.18. The van der Waals surface area contributed by atoms with Gasteiger partial charge in [0.2, 0.25) is 0 Å². The van der Waals surface area contributed by atoms with E-state index in [9.17, 15) is 9.59 Å². The number of nitrogens with one attached hydrogen (secondary N) is 2. The molecule has 1 aromatic carbocycles. The van der Waals surface area contributed by atoms with Crippen LogP contribution in [-0.4, -0.2) is 9.97 Å². The van der Waals surface area contributed by atoms with Crippen molar-refractivity contribution in [1.29, 1.82) is 5.26 Å². The first-order valence-electron chi connectivity index (χ1n) is 4.53. The van der Waals surface area contributed by atoms with Crippen LogP contribution < -0.4 is 11.2 Å². The maximum Gasteiger partial charge on any atom is 0.326 e. The van der Waals surface area contributed by atoms with Crippen molar-refractivity contribution in [1.82, 2.24) is 9.97 Å². The topological polar surface area (TPSA) is 89.5 Å². The SMILES string of the molecule is N#CC=Cc1ccc2[nH]c(=O)[nH]c(=O)c2c1. The van der Waals surface area contributed by atoms with Crippen LogP contribution in [0, 0.1) is 11.3 Å². The number of benzene rings is 1. The van der Waals surface area contributed by atoms with Crippen LogP contribution in [0.3, 0.4) is 0 Å². The predicted octanol–water partition coefficient (Wildman–Crippen LogP) is 0.753. The Labute approximate surface area is 89.7 Å². The Bertz CT molecular complexity index is 716. The molecule has 0 fully saturated rings. The Kier molecular flexibility index (Phi) is 2.40. The second kappa shape index (κ2) is 3.87. The number of hydrogen-bond donors (Lipinski definition) is 2. The van der Waals surface area contributed by atoms with Crippen LogP contribution in [0.4, 0.5) is 0 Å². The molecule has 2 rings (SSSR count). The first-order valence-corrected chi connectivity index (χ1v) is 4.53. The highest BCUT2D eigenvalue weighted by atomic mass is 16.2. The van der Waals surface area contributed by atoms with E-state index < -0.39 is 11.2 Å². The molecule has 1 aromatic heterocycles. The van der Waals surface area contributed by atoms with Gasteiger partial charge in [0.15, 0.2) is 0 Å². The quantitative estimate of drug-likeness (QED) is 0.685. The van der Waals surface area contributed by atoms with E-state index in [2.05, 4.69) is 9.97 Å². The van der Waals surface area contributed by atoms with Gasteiger partial charge in [-0.05, 0) is 23.8 Å². The van der Waals surface area contributed by atoms with E-state index in [0.717, 1.165) is 5.56 Å². The number of rotatable bonds is 1. The van der Waals surface area contributed by atoms with Crippen molar-refractivity contribution in [3.8, 4) is 6.07 Å². The molecule has 0 saturated heterocycles. The van der Waals surface area contributed by atoms with Gasteiger partial charge >= 0.3 is 5.69 Å². The van der Waals surface area contributed by atoms with Crippen molar-refractivity contribution in [3.63, 3.8) is 0 Å². The maximum absolute atomic E-state index is 11.5. The van der Waals surface area contributed by atoms with Gasteiger partial charge in [-0.15, -0.1) is 0 Å². The fourth-order valence-corrected chi connectivity index (χ4v) is 1.42. The molecule has 0 aliphatic rings. The number of fused-ring (bicyclic) bond motifs is 1. The predicted molar refractivity (Wildman–Crippen MR) is 59.8 cm³/mol. The van der Waals surface area contributed by atoms with Crippen LogP contribution in [0.1, 0.15) is 5.56 Å². The number of nitrogens with zero attached hydrogens (tertiary/aromatic N) is 1. The molecule has 0 aliphatic carbocycles. The maximum atomic E-state index is 11.5. The molecule has 16 heavy (non-hydrogen) atoms. The van der Waals surface area contributed by atoms with Crippen LogP contribution in [0.15, 0.2) is 33.9 Å². The fraction of sp³-hybridized carbons (Fsp3) is 0. The number of aromatic nitrogens is 2. The lowest BCUT2D eigenvalue weighted by Crippen LogP contribution is -2.21. The molecule has 5 nitrogen and oxygen atoms in total. The largest absolute Gasteiger partial charge is 0.326 e. The zero-order chi connectivity index (χ0) is 11.5. The lowest BCUT2D eigenvalue weighted by Gasteiger charge is -1.97. The van der Waals surface area contributed by atoms with Crippen LogP contribution >= 0.6 is 0 Å². The monoisotopic (exact) mass is 213 g/mol. The Balaban J connectivity index is 2.72. The van der Waals surface area contributed by atoms with Crippen LogP contribution in [0.25, 0.3) is 17.0 Å². The van der Waals surface area contributed by atoms with Gasteiger partial charge in [0.1, 0.15) is 0 Å². The summed E-state index contributed by atoms with van der Waals surface area (Å²) in [5.74, 6) is 0. The summed E-state index contributed by atoms with van der Waals surface area (Å²) in [4.78, 5) is 27.1. The van der Waals surface area contributed by atoms with Gasteiger partial charge in [0, 0.05) is 6.08 Å². The summed E-state index contributed by atoms with van der Waals surface area (Å²) in [6, 6.07) is 6.81. The van der Waals surface area contributed by atoms with Crippen molar-refractivity contribution in [3.05, 3.63) is 50.7 Å². The molecule has 1 heterocycles. The van der Waals surface area contributed by atoms with E-state index in [1.165, 1.54) is 6.08 Å². The van der Waals surface area contributed by atoms with Crippen LogP contribution in [0.2, 0.25) is 0 Å². The van der Waals surface area contributed by atoms with Gasteiger partial charge in [-0.3, -0.25) is 9.78 Å². The number of hydrogen-bond acceptors (Lipinski definition) is 3. The van der Waals surface area contributed by atoms with Crippen molar-refractivity contribution >= 4 is 17.0 Å². The van der Waals surface area contributed by atoms with Gasteiger partial charge in [0.25, 0.3) is 5.56 Å². The molecular formula is C11H7N3O2. The smallest absolute Gasteiger partial charge is 0.307 e. The Morgan fingerprint density at radius 2 is 2.06 bits per heavy atom. The molecule has 2 N–H and O–H groups in total.